The number of carbonyl (C=O) groups is 1. The monoisotopic (exact) mass is 262 g/mol. The molecule has 1 aromatic rings. The standard InChI is InChI=1S/C16H26N2O/c1-5-6-12-7-9-13(10-8-12)18-15(19)11-14(17)16(2,3)4/h7-10,14H,5-6,11,17H2,1-4H3,(H,18,19). The Balaban J connectivity index is 2.53. The summed E-state index contributed by atoms with van der Waals surface area (Å²) in [5.74, 6) is -0.0225. The van der Waals surface area contributed by atoms with Crippen molar-refractivity contribution in [2.45, 2.75) is 53.0 Å². The molecule has 0 saturated heterocycles. The summed E-state index contributed by atoms with van der Waals surface area (Å²) in [5, 5.41) is 2.90. The molecule has 1 atom stereocenters. The number of aryl methyl sites for hydroxylation is 1. The lowest BCUT2D eigenvalue weighted by Crippen LogP contribution is -2.38. The van der Waals surface area contributed by atoms with Crippen molar-refractivity contribution in [1.82, 2.24) is 0 Å². The van der Waals surface area contributed by atoms with Crippen molar-refractivity contribution >= 4 is 11.6 Å². The summed E-state index contributed by atoms with van der Waals surface area (Å²) in [5.41, 5.74) is 8.09. The van der Waals surface area contributed by atoms with E-state index in [-0.39, 0.29) is 17.4 Å². The second kappa shape index (κ2) is 6.71. The summed E-state index contributed by atoms with van der Waals surface area (Å²) in [4.78, 5) is 11.9. The van der Waals surface area contributed by atoms with Gasteiger partial charge in [-0.15, -0.1) is 0 Å². The van der Waals surface area contributed by atoms with Crippen molar-refractivity contribution in [3.05, 3.63) is 29.8 Å². The summed E-state index contributed by atoms with van der Waals surface area (Å²) < 4.78 is 0. The molecule has 0 aliphatic rings. The van der Waals surface area contributed by atoms with Gasteiger partial charge in [0, 0.05) is 18.2 Å². The molecule has 3 nitrogen and oxygen atoms in total. The molecule has 1 aromatic carbocycles. The van der Waals surface area contributed by atoms with Crippen LogP contribution in [0.2, 0.25) is 0 Å². The van der Waals surface area contributed by atoms with Crippen molar-refractivity contribution < 1.29 is 4.79 Å². The van der Waals surface area contributed by atoms with E-state index in [2.05, 4.69) is 24.4 Å². The zero-order valence-electron chi connectivity index (χ0n) is 12.5. The van der Waals surface area contributed by atoms with Crippen LogP contribution in [0.4, 0.5) is 5.69 Å². The zero-order valence-corrected chi connectivity index (χ0v) is 12.5. The van der Waals surface area contributed by atoms with E-state index in [1.807, 2.05) is 32.9 Å². The first kappa shape index (κ1) is 15.7. The first-order valence-corrected chi connectivity index (χ1v) is 6.97. The molecular formula is C16H26N2O. The van der Waals surface area contributed by atoms with Crippen LogP contribution in [0.3, 0.4) is 0 Å². The van der Waals surface area contributed by atoms with Gasteiger partial charge in [-0.2, -0.15) is 0 Å². The van der Waals surface area contributed by atoms with Crippen LogP contribution in [0.15, 0.2) is 24.3 Å². The third-order valence-electron chi connectivity index (χ3n) is 3.29. The van der Waals surface area contributed by atoms with E-state index in [0.29, 0.717) is 6.42 Å². The van der Waals surface area contributed by atoms with Gasteiger partial charge < -0.3 is 11.1 Å². The van der Waals surface area contributed by atoms with E-state index in [9.17, 15) is 4.79 Å². The maximum atomic E-state index is 11.9. The van der Waals surface area contributed by atoms with Gasteiger partial charge in [-0.1, -0.05) is 46.2 Å². The molecule has 0 bridgehead atoms. The number of benzene rings is 1. The molecule has 0 aliphatic heterocycles. The maximum absolute atomic E-state index is 11.9. The molecule has 0 aromatic heterocycles. The smallest absolute Gasteiger partial charge is 0.225 e. The molecule has 0 heterocycles. The Morgan fingerprint density at radius 1 is 1.26 bits per heavy atom. The van der Waals surface area contributed by atoms with E-state index in [0.717, 1.165) is 18.5 Å². The Labute approximate surface area is 116 Å². The number of nitrogens with two attached hydrogens (primary N) is 1. The molecule has 3 N–H and O–H groups in total. The molecule has 0 aliphatic carbocycles. The number of hydrogen-bond donors (Lipinski definition) is 2. The number of amides is 1. The Morgan fingerprint density at radius 2 is 1.84 bits per heavy atom. The Hall–Kier alpha value is -1.35. The zero-order chi connectivity index (χ0) is 14.5. The number of anilines is 1. The van der Waals surface area contributed by atoms with Crippen LogP contribution in [-0.2, 0) is 11.2 Å². The third-order valence-corrected chi connectivity index (χ3v) is 3.29. The van der Waals surface area contributed by atoms with Gasteiger partial charge in [-0.25, -0.2) is 0 Å². The average molecular weight is 262 g/mol. The summed E-state index contributed by atoms with van der Waals surface area (Å²) in [7, 11) is 0. The van der Waals surface area contributed by atoms with Crippen molar-refractivity contribution in [2.75, 3.05) is 5.32 Å². The topological polar surface area (TPSA) is 55.1 Å². The van der Waals surface area contributed by atoms with Crippen LogP contribution >= 0.6 is 0 Å². The van der Waals surface area contributed by atoms with E-state index in [4.69, 9.17) is 5.73 Å². The molecule has 0 spiro atoms. The van der Waals surface area contributed by atoms with Gasteiger partial charge in [0.15, 0.2) is 0 Å². The van der Waals surface area contributed by atoms with E-state index in [1.54, 1.807) is 0 Å². The van der Waals surface area contributed by atoms with Gasteiger partial charge in [0.2, 0.25) is 5.91 Å². The maximum Gasteiger partial charge on any atom is 0.225 e. The fraction of sp³-hybridized carbons (Fsp3) is 0.562. The van der Waals surface area contributed by atoms with Gasteiger partial charge in [0.25, 0.3) is 0 Å². The fourth-order valence-electron chi connectivity index (χ4n) is 1.76. The van der Waals surface area contributed by atoms with Gasteiger partial charge in [0.1, 0.15) is 0 Å². The number of nitrogens with one attached hydrogen (secondary N) is 1. The molecule has 3 heteroatoms. The molecule has 0 radical (unpaired) electrons. The van der Waals surface area contributed by atoms with E-state index in [1.165, 1.54) is 5.56 Å². The minimum absolute atomic E-state index is 0.0225. The summed E-state index contributed by atoms with van der Waals surface area (Å²) in [6.07, 6.45) is 2.55. The van der Waals surface area contributed by atoms with Crippen molar-refractivity contribution in [1.29, 1.82) is 0 Å². The van der Waals surface area contributed by atoms with Crippen LogP contribution in [0.1, 0.15) is 46.1 Å². The Morgan fingerprint density at radius 3 is 2.32 bits per heavy atom. The summed E-state index contributed by atoms with van der Waals surface area (Å²) in [6, 6.07) is 7.88. The number of hydrogen-bond acceptors (Lipinski definition) is 2. The molecule has 19 heavy (non-hydrogen) atoms. The minimum atomic E-state index is -0.133. The lowest BCUT2D eigenvalue weighted by Gasteiger charge is -2.26. The molecule has 1 rings (SSSR count). The van der Waals surface area contributed by atoms with Gasteiger partial charge >= 0.3 is 0 Å². The fourth-order valence-corrected chi connectivity index (χ4v) is 1.76. The van der Waals surface area contributed by atoms with E-state index < -0.39 is 0 Å². The summed E-state index contributed by atoms with van der Waals surface area (Å²) in [6.45, 7) is 8.29. The highest BCUT2D eigenvalue weighted by Crippen LogP contribution is 2.20. The van der Waals surface area contributed by atoms with Crippen LogP contribution in [-0.4, -0.2) is 11.9 Å². The highest BCUT2D eigenvalue weighted by Gasteiger charge is 2.23. The predicted molar refractivity (Wildman–Crippen MR) is 81.1 cm³/mol. The number of rotatable bonds is 5. The lowest BCUT2D eigenvalue weighted by molar-refractivity contribution is -0.117. The largest absolute Gasteiger partial charge is 0.327 e. The average Bonchev–Trinajstić information content (AvgIpc) is 2.30. The van der Waals surface area contributed by atoms with Crippen LogP contribution in [0, 0.1) is 5.41 Å². The first-order chi connectivity index (χ1) is 8.82. The van der Waals surface area contributed by atoms with Gasteiger partial charge in [-0.05, 0) is 29.5 Å². The molecule has 1 amide bonds. The highest BCUT2D eigenvalue weighted by molar-refractivity contribution is 5.91. The normalized spacial score (nSPS) is 13.1. The molecule has 0 fully saturated rings. The van der Waals surface area contributed by atoms with Crippen molar-refractivity contribution in [3.63, 3.8) is 0 Å². The number of carbonyl (C=O) groups excluding carboxylic acids is 1. The second-order valence-electron chi connectivity index (χ2n) is 6.17. The predicted octanol–water partition coefficient (Wildman–Crippen LogP) is 3.34. The summed E-state index contributed by atoms with van der Waals surface area (Å²) >= 11 is 0. The van der Waals surface area contributed by atoms with E-state index >= 15 is 0 Å². The lowest BCUT2D eigenvalue weighted by atomic mass is 9.85. The van der Waals surface area contributed by atoms with Crippen molar-refractivity contribution in [3.8, 4) is 0 Å². The molecule has 1 unspecified atom stereocenters. The van der Waals surface area contributed by atoms with Crippen molar-refractivity contribution in [2.24, 2.45) is 11.1 Å². The SMILES string of the molecule is CCCc1ccc(NC(=O)CC(N)C(C)(C)C)cc1. The second-order valence-corrected chi connectivity index (χ2v) is 6.17. The van der Waals surface area contributed by atoms with Gasteiger partial charge in [-0.3, -0.25) is 4.79 Å². The highest BCUT2D eigenvalue weighted by atomic mass is 16.1. The van der Waals surface area contributed by atoms with Gasteiger partial charge in [0.05, 0.1) is 0 Å². The van der Waals surface area contributed by atoms with Crippen LogP contribution in [0.25, 0.3) is 0 Å². The minimum Gasteiger partial charge on any atom is -0.327 e. The quantitative estimate of drug-likeness (QED) is 0.855. The first-order valence-electron chi connectivity index (χ1n) is 6.97. The van der Waals surface area contributed by atoms with Crippen LogP contribution < -0.4 is 11.1 Å². The molecule has 106 valence electrons. The molecule has 0 saturated carbocycles. The third kappa shape index (κ3) is 5.43. The Kier molecular flexibility index (Phi) is 5.55. The molecular weight excluding hydrogens is 236 g/mol. The Bertz CT molecular complexity index is 404. The van der Waals surface area contributed by atoms with Crippen LogP contribution in [0.5, 0.6) is 0 Å².